The molecule has 0 unspecified atom stereocenters. The minimum Gasteiger partial charge on any atom is -0.399 e. The highest BCUT2D eigenvalue weighted by molar-refractivity contribution is 6.06. The maximum Gasteiger partial charge on any atom is 0.152 e. The van der Waals surface area contributed by atoms with Gasteiger partial charge in [0.15, 0.2) is 6.29 Å². The molecule has 0 atom stereocenters. The maximum absolute atomic E-state index is 10.4. The van der Waals surface area contributed by atoms with Gasteiger partial charge in [-0.3, -0.25) is 4.79 Å². The number of hydrogen-bond donors (Lipinski definition) is 1. The van der Waals surface area contributed by atoms with Gasteiger partial charge in [-0.25, -0.2) is 0 Å². The summed E-state index contributed by atoms with van der Waals surface area (Å²) in [6.45, 7) is 0. The second-order valence-electron chi connectivity index (χ2n) is 2.31. The fourth-order valence-corrected chi connectivity index (χ4v) is 0.963. The summed E-state index contributed by atoms with van der Waals surface area (Å²) in [5.41, 5.74) is 7.06. The van der Waals surface area contributed by atoms with E-state index in [4.69, 9.17) is 5.73 Å². The van der Waals surface area contributed by atoms with Crippen molar-refractivity contribution < 1.29 is 9.63 Å². The van der Waals surface area contributed by atoms with Crippen LogP contribution in [-0.2, 0) is 9.63 Å². The SMILES string of the molecule is CO/N=C1\CC=CC(C=O)=C1N. The van der Waals surface area contributed by atoms with Crippen molar-refractivity contribution in [2.24, 2.45) is 10.9 Å². The van der Waals surface area contributed by atoms with E-state index in [-0.39, 0.29) is 0 Å². The Hall–Kier alpha value is -1.58. The van der Waals surface area contributed by atoms with Gasteiger partial charge >= 0.3 is 0 Å². The Labute approximate surface area is 70.4 Å². The van der Waals surface area contributed by atoms with Gasteiger partial charge in [-0.2, -0.15) is 0 Å². The van der Waals surface area contributed by atoms with Gasteiger partial charge in [0, 0.05) is 12.0 Å². The predicted octanol–water partition coefficient (Wildman–Crippen LogP) is 0.360. The number of nitrogens with zero attached hydrogens (tertiary/aromatic N) is 1. The molecule has 4 nitrogen and oxygen atoms in total. The number of nitrogens with two attached hydrogens (primary N) is 1. The largest absolute Gasteiger partial charge is 0.399 e. The Balaban J connectivity index is 2.98. The van der Waals surface area contributed by atoms with E-state index < -0.39 is 0 Å². The third kappa shape index (κ3) is 1.53. The fraction of sp³-hybridized carbons (Fsp3) is 0.250. The quantitative estimate of drug-likeness (QED) is 0.476. The molecule has 0 fully saturated rings. The molecule has 0 heterocycles. The van der Waals surface area contributed by atoms with Crippen molar-refractivity contribution in [1.29, 1.82) is 0 Å². The first-order valence-corrected chi connectivity index (χ1v) is 3.51. The maximum atomic E-state index is 10.4. The zero-order chi connectivity index (χ0) is 8.97. The van der Waals surface area contributed by atoms with Gasteiger partial charge in [-0.05, 0) is 0 Å². The van der Waals surface area contributed by atoms with Crippen molar-refractivity contribution >= 4 is 12.0 Å². The lowest BCUT2D eigenvalue weighted by Gasteiger charge is -2.08. The molecule has 0 spiro atoms. The summed E-state index contributed by atoms with van der Waals surface area (Å²) in [6.07, 6.45) is 4.81. The van der Waals surface area contributed by atoms with Crippen LogP contribution in [0.15, 0.2) is 28.6 Å². The molecule has 0 amide bonds. The molecule has 64 valence electrons. The van der Waals surface area contributed by atoms with Gasteiger partial charge < -0.3 is 10.6 Å². The molecule has 0 bridgehead atoms. The number of oxime groups is 1. The molecule has 0 aliphatic heterocycles. The van der Waals surface area contributed by atoms with Crippen LogP contribution in [0.1, 0.15) is 6.42 Å². The lowest BCUT2D eigenvalue weighted by Crippen LogP contribution is -2.17. The molecule has 0 aromatic carbocycles. The smallest absolute Gasteiger partial charge is 0.152 e. The average Bonchev–Trinajstić information content (AvgIpc) is 2.09. The van der Waals surface area contributed by atoms with E-state index in [1.165, 1.54) is 7.11 Å². The third-order valence-electron chi connectivity index (χ3n) is 1.56. The molecule has 2 N–H and O–H groups in total. The van der Waals surface area contributed by atoms with E-state index >= 15 is 0 Å². The summed E-state index contributed by atoms with van der Waals surface area (Å²) in [5.74, 6) is 0. The molecule has 0 aromatic heterocycles. The van der Waals surface area contributed by atoms with Crippen LogP contribution in [0.2, 0.25) is 0 Å². The van der Waals surface area contributed by atoms with Gasteiger partial charge in [-0.1, -0.05) is 17.3 Å². The first kappa shape index (κ1) is 8.52. The van der Waals surface area contributed by atoms with Crippen LogP contribution in [-0.4, -0.2) is 19.1 Å². The van der Waals surface area contributed by atoms with E-state index in [1.807, 2.05) is 6.08 Å². The highest BCUT2D eigenvalue weighted by Gasteiger charge is 2.11. The van der Waals surface area contributed by atoms with Crippen molar-refractivity contribution in [3.8, 4) is 0 Å². The van der Waals surface area contributed by atoms with Crippen LogP contribution in [0.5, 0.6) is 0 Å². The highest BCUT2D eigenvalue weighted by atomic mass is 16.6. The number of rotatable bonds is 2. The number of aldehydes is 1. The monoisotopic (exact) mass is 166 g/mol. The van der Waals surface area contributed by atoms with Crippen molar-refractivity contribution in [3.05, 3.63) is 23.4 Å². The third-order valence-corrected chi connectivity index (χ3v) is 1.56. The van der Waals surface area contributed by atoms with E-state index in [0.717, 1.165) is 0 Å². The Bertz CT molecular complexity index is 277. The normalized spacial score (nSPS) is 19.9. The molecule has 0 saturated carbocycles. The number of carbonyl (C=O) groups is 1. The summed E-state index contributed by atoms with van der Waals surface area (Å²) < 4.78 is 0. The minimum absolute atomic E-state index is 0.398. The van der Waals surface area contributed by atoms with Crippen molar-refractivity contribution in [2.45, 2.75) is 6.42 Å². The lowest BCUT2D eigenvalue weighted by atomic mass is 10.0. The van der Waals surface area contributed by atoms with Gasteiger partial charge in [0.1, 0.15) is 12.8 Å². The van der Waals surface area contributed by atoms with Crippen LogP contribution < -0.4 is 5.73 Å². The Morgan fingerprint density at radius 1 is 1.75 bits per heavy atom. The summed E-state index contributed by atoms with van der Waals surface area (Å²) in [6, 6.07) is 0. The number of carbonyl (C=O) groups excluding carboxylic acids is 1. The molecule has 0 radical (unpaired) electrons. The van der Waals surface area contributed by atoms with Crippen molar-refractivity contribution in [3.63, 3.8) is 0 Å². The van der Waals surface area contributed by atoms with E-state index in [9.17, 15) is 4.79 Å². The molecule has 12 heavy (non-hydrogen) atoms. The summed E-state index contributed by atoms with van der Waals surface area (Å²) in [4.78, 5) is 15.0. The number of allylic oxidation sites excluding steroid dienone is 4. The van der Waals surface area contributed by atoms with Crippen LogP contribution >= 0.6 is 0 Å². The molecule has 0 saturated heterocycles. The molecular formula is C8H10N2O2. The topological polar surface area (TPSA) is 64.7 Å². The van der Waals surface area contributed by atoms with Crippen LogP contribution in [0.25, 0.3) is 0 Å². The van der Waals surface area contributed by atoms with Gasteiger partial charge in [0.05, 0.1) is 5.70 Å². The fourth-order valence-electron chi connectivity index (χ4n) is 0.963. The van der Waals surface area contributed by atoms with Gasteiger partial charge in [-0.15, -0.1) is 0 Å². The van der Waals surface area contributed by atoms with Gasteiger partial charge in [0.25, 0.3) is 0 Å². The average molecular weight is 166 g/mol. The minimum atomic E-state index is 0.398. The summed E-state index contributed by atoms with van der Waals surface area (Å²) >= 11 is 0. The van der Waals surface area contributed by atoms with Crippen LogP contribution in [0, 0.1) is 0 Å². The first-order valence-electron chi connectivity index (χ1n) is 3.51. The molecule has 1 aliphatic rings. The predicted molar refractivity (Wildman–Crippen MR) is 45.5 cm³/mol. The molecule has 4 heteroatoms. The van der Waals surface area contributed by atoms with Gasteiger partial charge in [0.2, 0.25) is 0 Å². The Morgan fingerprint density at radius 2 is 2.50 bits per heavy atom. The zero-order valence-corrected chi connectivity index (χ0v) is 6.78. The number of hydrogen-bond acceptors (Lipinski definition) is 4. The molecule has 0 aromatic rings. The zero-order valence-electron chi connectivity index (χ0n) is 6.78. The van der Waals surface area contributed by atoms with Crippen LogP contribution in [0.4, 0.5) is 0 Å². The molecule has 1 aliphatic carbocycles. The summed E-state index contributed by atoms with van der Waals surface area (Å²) in [5, 5.41) is 3.69. The second kappa shape index (κ2) is 3.71. The van der Waals surface area contributed by atoms with E-state index in [2.05, 4.69) is 9.99 Å². The highest BCUT2D eigenvalue weighted by Crippen LogP contribution is 2.10. The van der Waals surface area contributed by atoms with Crippen molar-refractivity contribution in [2.75, 3.05) is 7.11 Å². The summed E-state index contributed by atoms with van der Waals surface area (Å²) in [7, 11) is 1.44. The first-order chi connectivity index (χ1) is 5.79. The Kier molecular flexibility index (Phi) is 2.63. The van der Waals surface area contributed by atoms with Crippen LogP contribution in [0.3, 0.4) is 0 Å². The van der Waals surface area contributed by atoms with Crippen molar-refractivity contribution in [1.82, 2.24) is 0 Å². The Morgan fingerprint density at radius 3 is 3.08 bits per heavy atom. The standard InChI is InChI=1S/C8H10N2O2/c1-12-10-7-4-2-3-6(5-11)8(7)9/h2-3,5H,4,9H2,1H3/b10-7+. The van der Waals surface area contributed by atoms with E-state index in [1.54, 1.807) is 6.08 Å². The second-order valence-corrected chi connectivity index (χ2v) is 2.31. The molecular weight excluding hydrogens is 156 g/mol. The molecule has 1 rings (SSSR count). The lowest BCUT2D eigenvalue weighted by molar-refractivity contribution is -0.104. The van der Waals surface area contributed by atoms with E-state index in [0.29, 0.717) is 29.7 Å².